The first kappa shape index (κ1) is 16.2. The van der Waals surface area contributed by atoms with E-state index >= 15 is 0 Å². The molecular formula is C15H27N3O3. The van der Waals surface area contributed by atoms with E-state index in [2.05, 4.69) is 5.32 Å². The van der Waals surface area contributed by atoms with Gasteiger partial charge in [0.05, 0.1) is 0 Å². The summed E-state index contributed by atoms with van der Waals surface area (Å²) in [5, 5.41) is 3.48. The van der Waals surface area contributed by atoms with E-state index in [0.717, 1.165) is 13.0 Å². The van der Waals surface area contributed by atoms with Crippen molar-refractivity contribution in [2.24, 2.45) is 0 Å². The number of hydrogen-bond donors (Lipinski definition) is 1. The number of carbonyl (C=O) groups is 2. The molecule has 0 saturated carbocycles. The summed E-state index contributed by atoms with van der Waals surface area (Å²) in [5.41, 5.74) is 0. The molecule has 0 aromatic heterocycles. The molecule has 1 N–H and O–H groups in total. The summed E-state index contributed by atoms with van der Waals surface area (Å²) in [6.07, 6.45) is 5.26. The van der Waals surface area contributed by atoms with Gasteiger partial charge < -0.3 is 19.9 Å². The lowest BCUT2D eigenvalue weighted by Crippen LogP contribution is -2.51. The van der Waals surface area contributed by atoms with Gasteiger partial charge in [-0.05, 0) is 25.8 Å². The topological polar surface area (TPSA) is 61.9 Å². The Morgan fingerprint density at radius 3 is 2.33 bits per heavy atom. The van der Waals surface area contributed by atoms with Crippen LogP contribution in [0.2, 0.25) is 0 Å². The van der Waals surface area contributed by atoms with Crippen LogP contribution in [0.4, 0.5) is 0 Å². The summed E-state index contributed by atoms with van der Waals surface area (Å²) < 4.78 is 4.86. The zero-order valence-corrected chi connectivity index (χ0v) is 13.0. The molecule has 2 saturated heterocycles. The summed E-state index contributed by atoms with van der Waals surface area (Å²) in [4.78, 5) is 27.6. The number of nitrogens with one attached hydrogen (secondary N) is 1. The number of methoxy groups -OCH3 is 1. The number of piperazine rings is 1. The van der Waals surface area contributed by atoms with Crippen molar-refractivity contribution in [2.75, 3.05) is 46.4 Å². The highest BCUT2D eigenvalue weighted by Gasteiger charge is 2.24. The fourth-order valence-corrected chi connectivity index (χ4v) is 3.05. The monoisotopic (exact) mass is 297 g/mol. The van der Waals surface area contributed by atoms with E-state index in [0.29, 0.717) is 38.6 Å². The average molecular weight is 297 g/mol. The molecule has 2 rings (SSSR count). The fourth-order valence-electron chi connectivity index (χ4n) is 3.05. The molecule has 2 fully saturated rings. The summed E-state index contributed by atoms with van der Waals surface area (Å²) in [5.74, 6) is 0.234. The first-order valence-corrected chi connectivity index (χ1v) is 7.98. The van der Waals surface area contributed by atoms with Crippen molar-refractivity contribution in [3.8, 4) is 0 Å². The molecule has 2 aliphatic rings. The van der Waals surface area contributed by atoms with Crippen molar-refractivity contribution < 1.29 is 14.3 Å². The number of piperidine rings is 1. The average Bonchev–Trinajstić information content (AvgIpc) is 2.54. The standard InChI is InChI=1S/C15H27N3O3/c1-21-12-15(20)18-10-8-17(9-11-18)14(19)6-5-13-4-2-3-7-16-13/h13,16H,2-12H2,1H3. The molecule has 2 amide bonds. The van der Waals surface area contributed by atoms with Gasteiger partial charge in [-0.2, -0.15) is 0 Å². The number of ether oxygens (including phenoxy) is 1. The van der Waals surface area contributed by atoms with E-state index in [1.54, 1.807) is 4.90 Å². The van der Waals surface area contributed by atoms with Gasteiger partial charge in [-0.3, -0.25) is 9.59 Å². The highest BCUT2D eigenvalue weighted by atomic mass is 16.5. The van der Waals surface area contributed by atoms with Crippen molar-refractivity contribution >= 4 is 11.8 Å². The molecule has 0 radical (unpaired) electrons. The first-order valence-electron chi connectivity index (χ1n) is 7.98. The van der Waals surface area contributed by atoms with E-state index < -0.39 is 0 Å². The van der Waals surface area contributed by atoms with Gasteiger partial charge >= 0.3 is 0 Å². The summed E-state index contributed by atoms with van der Waals surface area (Å²) in [6.45, 7) is 3.74. The SMILES string of the molecule is COCC(=O)N1CCN(C(=O)CCC2CCCCN2)CC1. The zero-order valence-electron chi connectivity index (χ0n) is 13.0. The number of carbonyl (C=O) groups excluding carboxylic acids is 2. The minimum Gasteiger partial charge on any atom is -0.375 e. The first-order chi connectivity index (χ1) is 10.2. The third-order valence-corrected chi connectivity index (χ3v) is 4.37. The summed E-state index contributed by atoms with van der Waals surface area (Å²) >= 11 is 0. The van der Waals surface area contributed by atoms with Crippen molar-refractivity contribution in [1.29, 1.82) is 0 Å². The van der Waals surface area contributed by atoms with Gasteiger partial charge in [0.2, 0.25) is 11.8 Å². The Labute approximate surface area is 126 Å². The second-order valence-corrected chi connectivity index (χ2v) is 5.88. The van der Waals surface area contributed by atoms with Crippen molar-refractivity contribution in [1.82, 2.24) is 15.1 Å². The number of nitrogens with zero attached hydrogens (tertiary/aromatic N) is 2. The summed E-state index contributed by atoms with van der Waals surface area (Å²) in [7, 11) is 1.52. The summed E-state index contributed by atoms with van der Waals surface area (Å²) in [6, 6.07) is 0.507. The van der Waals surface area contributed by atoms with Gasteiger partial charge in [0, 0.05) is 45.8 Å². The quantitative estimate of drug-likeness (QED) is 0.789. The molecule has 1 atom stereocenters. The molecule has 0 aromatic rings. The molecule has 0 spiro atoms. The van der Waals surface area contributed by atoms with Gasteiger partial charge in [-0.15, -0.1) is 0 Å². The zero-order chi connectivity index (χ0) is 15.1. The largest absolute Gasteiger partial charge is 0.375 e. The maximum Gasteiger partial charge on any atom is 0.248 e. The van der Waals surface area contributed by atoms with Crippen LogP contribution in [0.3, 0.4) is 0 Å². The van der Waals surface area contributed by atoms with Gasteiger partial charge in [-0.1, -0.05) is 6.42 Å². The molecule has 21 heavy (non-hydrogen) atoms. The number of amides is 2. The smallest absolute Gasteiger partial charge is 0.248 e. The molecule has 120 valence electrons. The van der Waals surface area contributed by atoms with Crippen LogP contribution >= 0.6 is 0 Å². The van der Waals surface area contributed by atoms with Gasteiger partial charge in [-0.25, -0.2) is 0 Å². The Bertz CT molecular complexity index is 348. The lowest BCUT2D eigenvalue weighted by molar-refractivity contribution is -0.141. The predicted octanol–water partition coefficient (Wildman–Crippen LogP) is 0.226. The van der Waals surface area contributed by atoms with Crippen LogP contribution in [-0.2, 0) is 14.3 Å². The molecule has 2 aliphatic heterocycles. The molecule has 6 nitrogen and oxygen atoms in total. The van der Waals surface area contributed by atoms with Crippen molar-refractivity contribution in [3.63, 3.8) is 0 Å². The van der Waals surface area contributed by atoms with E-state index in [1.165, 1.54) is 26.4 Å². The van der Waals surface area contributed by atoms with Crippen LogP contribution in [0.5, 0.6) is 0 Å². The molecular weight excluding hydrogens is 270 g/mol. The van der Waals surface area contributed by atoms with Crippen LogP contribution < -0.4 is 5.32 Å². The molecule has 0 aliphatic carbocycles. The number of rotatable bonds is 5. The highest BCUT2D eigenvalue weighted by molar-refractivity contribution is 5.79. The maximum absolute atomic E-state index is 12.2. The second-order valence-electron chi connectivity index (χ2n) is 5.88. The molecule has 2 heterocycles. The van der Waals surface area contributed by atoms with Crippen LogP contribution in [0, 0.1) is 0 Å². The Morgan fingerprint density at radius 2 is 1.76 bits per heavy atom. The minimum absolute atomic E-state index is 0.0102. The Morgan fingerprint density at radius 1 is 1.10 bits per heavy atom. The van der Waals surface area contributed by atoms with Crippen LogP contribution in [-0.4, -0.2) is 74.1 Å². The van der Waals surface area contributed by atoms with E-state index in [4.69, 9.17) is 4.74 Å². The maximum atomic E-state index is 12.2. The third-order valence-electron chi connectivity index (χ3n) is 4.37. The Kier molecular flexibility index (Phi) is 6.45. The number of hydrogen-bond acceptors (Lipinski definition) is 4. The van der Waals surface area contributed by atoms with Crippen molar-refractivity contribution in [3.05, 3.63) is 0 Å². The normalized spacial score (nSPS) is 23.2. The lowest BCUT2D eigenvalue weighted by Gasteiger charge is -2.35. The van der Waals surface area contributed by atoms with Gasteiger partial charge in [0.15, 0.2) is 0 Å². The molecule has 0 bridgehead atoms. The lowest BCUT2D eigenvalue weighted by atomic mass is 10.0. The fraction of sp³-hybridized carbons (Fsp3) is 0.867. The Hall–Kier alpha value is -1.14. The van der Waals surface area contributed by atoms with Crippen LogP contribution in [0.15, 0.2) is 0 Å². The minimum atomic E-state index is 0.0102. The molecule has 0 aromatic carbocycles. The van der Waals surface area contributed by atoms with Crippen LogP contribution in [0.25, 0.3) is 0 Å². The molecule has 1 unspecified atom stereocenters. The van der Waals surface area contributed by atoms with Crippen molar-refractivity contribution in [2.45, 2.75) is 38.1 Å². The predicted molar refractivity (Wildman–Crippen MR) is 79.9 cm³/mol. The highest BCUT2D eigenvalue weighted by Crippen LogP contribution is 2.13. The van der Waals surface area contributed by atoms with E-state index in [-0.39, 0.29) is 18.4 Å². The Balaban J connectivity index is 1.66. The third kappa shape index (κ3) is 4.97. The van der Waals surface area contributed by atoms with Gasteiger partial charge in [0.25, 0.3) is 0 Å². The van der Waals surface area contributed by atoms with E-state index in [1.807, 2.05) is 4.90 Å². The molecule has 6 heteroatoms. The van der Waals surface area contributed by atoms with Gasteiger partial charge in [0.1, 0.15) is 6.61 Å². The van der Waals surface area contributed by atoms with Crippen LogP contribution in [0.1, 0.15) is 32.1 Å². The van der Waals surface area contributed by atoms with E-state index in [9.17, 15) is 9.59 Å². The second kappa shape index (κ2) is 8.34.